The molecule has 0 aliphatic heterocycles. The summed E-state index contributed by atoms with van der Waals surface area (Å²) in [5, 5.41) is 21.3. The summed E-state index contributed by atoms with van der Waals surface area (Å²) in [5.74, 6) is 0. The summed E-state index contributed by atoms with van der Waals surface area (Å²) in [6.45, 7) is 0. The molecule has 28 heavy (non-hydrogen) atoms. The highest BCUT2D eigenvalue weighted by atomic mass is 16.4. The SMILES string of the molecule is OB(O)c1ccc2c(c1)c1ccccc1n2-c1ccccc1-c1ccccc1. The van der Waals surface area contributed by atoms with Gasteiger partial charge >= 0.3 is 7.12 Å². The van der Waals surface area contributed by atoms with Crippen molar-refractivity contribution in [3.8, 4) is 16.8 Å². The normalized spacial score (nSPS) is 11.2. The van der Waals surface area contributed by atoms with Gasteiger partial charge in [-0.25, -0.2) is 0 Å². The summed E-state index contributed by atoms with van der Waals surface area (Å²) in [6, 6.07) is 32.5. The molecule has 2 N–H and O–H groups in total. The zero-order valence-electron chi connectivity index (χ0n) is 15.2. The fourth-order valence-electron chi connectivity index (χ4n) is 3.94. The Kier molecular flexibility index (Phi) is 4.01. The predicted molar refractivity (Wildman–Crippen MR) is 116 cm³/mol. The molecular formula is C24H18BNO2. The molecule has 0 spiro atoms. The minimum Gasteiger partial charge on any atom is -0.423 e. The standard InChI is InChI=1S/C24H18BNO2/c27-25(28)18-14-15-24-21(16-18)20-11-5-7-13-23(20)26(24)22-12-6-4-10-19(22)17-8-2-1-3-9-17/h1-16,27-28H. The molecule has 0 radical (unpaired) electrons. The van der Waals surface area contributed by atoms with E-state index >= 15 is 0 Å². The van der Waals surface area contributed by atoms with Gasteiger partial charge in [0.2, 0.25) is 0 Å². The van der Waals surface area contributed by atoms with Crippen LogP contribution in [0.5, 0.6) is 0 Å². The number of hydrogen-bond donors (Lipinski definition) is 2. The molecule has 0 fully saturated rings. The highest BCUT2D eigenvalue weighted by Crippen LogP contribution is 2.35. The molecule has 134 valence electrons. The molecule has 0 saturated heterocycles. The van der Waals surface area contributed by atoms with Gasteiger partial charge in [-0.05, 0) is 29.2 Å². The van der Waals surface area contributed by atoms with Crippen molar-refractivity contribution in [2.75, 3.05) is 0 Å². The van der Waals surface area contributed by atoms with E-state index in [-0.39, 0.29) is 0 Å². The average Bonchev–Trinajstić information content (AvgIpc) is 3.08. The van der Waals surface area contributed by atoms with E-state index in [1.165, 1.54) is 0 Å². The molecule has 0 bridgehead atoms. The van der Waals surface area contributed by atoms with Crippen molar-refractivity contribution in [1.29, 1.82) is 0 Å². The summed E-state index contributed by atoms with van der Waals surface area (Å²) >= 11 is 0. The van der Waals surface area contributed by atoms with Crippen molar-refractivity contribution < 1.29 is 10.0 Å². The molecule has 0 aliphatic rings. The van der Waals surface area contributed by atoms with Crippen LogP contribution < -0.4 is 5.46 Å². The summed E-state index contributed by atoms with van der Waals surface area (Å²) in [4.78, 5) is 0. The zero-order chi connectivity index (χ0) is 19.1. The lowest BCUT2D eigenvalue weighted by molar-refractivity contribution is 0.426. The Bertz CT molecular complexity index is 1290. The Morgan fingerprint density at radius 3 is 2.11 bits per heavy atom. The lowest BCUT2D eigenvalue weighted by Crippen LogP contribution is -2.29. The Morgan fingerprint density at radius 2 is 1.29 bits per heavy atom. The van der Waals surface area contributed by atoms with E-state index in [0.717, 1.165) is 38.6 Å². The van der Waals surface area contributed by atoms with Gasteiger partial charge in [-0.1, -0.05) is 78.9 Å². The summed E-state index contributed by atoms with van der Waals surface area (Å²) in [7, 11) is -1.48. The quantitative estimate of drug-likeness (QED) is 0.474. The van der Waals surface area contributed by atoms with Crippen LogP contribution in [0.25, 0.3) is 38.6 Å². The third kappa shape index (κ3) is 2.62. The molecule has 0 saturated carbocycles. The number of aromatic nitrogens is 1. The number of para-hydroxylation sites is 2. The topological polar surface area (TPSA) is 45.4 Å². The Hall–Kier alpha value is -3.34. The van der Waals surface area contributed by atoms with Crippen LogP contribution in [0.4, 0.5) is 0 Å². The van der Waals surface area contributed by atoms with Gasteiger partial charge < -0.3 is 14.6 Å². The molecule has 1 heterocycles. The predicted octanol–water partition coefficient (Wildman–Crippen LogP) is 4.13. The molecule has 4 aromatic carbocycles. The van der Waals surface area contributed by atoms with Crippen molar-refractivity contribution in [1.82, 2.24) is 4.57 Å². The van der Waals surface area contributed by atoms with E-state index in [1.54, 1.807) is 6.07 Å². The average molecular weight is 363 g/mol. The van der Waals surface area contributed by atoms with Crippen LogP contribution in [-0.2, 0) is 0 Å². The Labute approximate surface area is 163 Å². The van der Waals surface area contributed by atoms with E-state index in [0.29, 0.717) is 5.46 Å². The molecule has 0 atom stereocenters. The highest BCUT2D eigenvalue weighted by Gasteiger charge is 2.18. The molecule has 0 amide bonds. The highest BCUT2D eigenvalue weighted by molar-refractivity contribution is 6.59. The van der Waals surface area contributed by atoms with Crippen LogP contribution in [0.2, 0.25) is 0 Å². The third-order valence-electron chi connectivity index (χ3n) is 5.22. The van der Waals surface area contributed by atoms with Crippen molar-refractivity contribution in [2.24, 2.45) is 0 Å². The van der Waals surface area contributed by atoms with Crippen LogP contribution >= 0.6 is 0 Å². The van der Waals surface area contributed by atoms with Crippen molar-refractivity contribution in [2.45, 2.75) is 0 Å². The van der Waals surface area contributed by atoms with E-state index in [2.05, 4.69) is 47.0 Å². The number of nitrogens with zero attached hydrogens (tertiary/aromatic N) is 1. The first kappa shape index (κ1) is 16.8. The lowest BCUT2D eigenvalue weighted by atomic mass is 9.80. The smallest absolute Gasteiger partial charge is 0.423 e. The van der Waals surface area contributed by atoms with Gasteiger partial charge in [0.1, 0.15) is 0 Å². The number of fused-ring (bicyclic) bond motifs is 3. The third-order valence-corrected chi connectivity index (χ3v) is 5.22. The number of rotatable bonds is 3. The maximum Gasteiger partial charge on any atom is 0.488 e. The van der Waals surface area contributed by atoms with Crippen molar-refractivity contribution in [3.05, 3.63) is 97.1 Å². The molecule has 1 aromatic heterocycles. The van der Waals surface area contributed by atoms with Crippen LogP contribution in [0.15, 0.2) is 97.1 Å². The van der Waals surface area contributed by atoms with Gasteiger partial charge in [0, 0.05) is 16.3 Å². The Balaban J connectivity index is 1.88. The van der Waals surface area contributed by atoms with Crippen LogP contribution in [-0.4, -0.2) is 21.7 Å². The Morgan fingerprint density at radius 1 is 0.607 bits per heavy atom. The van der Waals surface area contributed by atoms with Crippen LogP contribution in [0.3, 0.4) is 0 Å². The van der Waals surface area contributed by atoms with E-state index in [4.69, 9.17) is 0 Å². The maximum absolute atomic E-state index is 9.62. The van der Waals surface area contributed by atoms with Gasteiger partial charge in [0.25, 0.3) is 0 Å². The van der Waals surface area contributed by atoms with Crippen LogP contribution in [0, 0.1) is 0 Å². The summed E-state index contributed by atoms with van der Waals surface area (Å²) in [5.41, 5.74) is 6.02. The monoisotopic (exact) mass is 363 g/mol. The summed E-state index contributed by atoms with van der Waals surface area (Å²) in [6.07, 6.45) is 0. The van der Waals surface area contributed by atoms with Gasteiger partial charge in [-0.2, -0.15) is 0 Å². The molecule has 0 aliphatic carbocycles. The molecule has 4 heteroatoms. The van der Waals surface area contributed by atoms with Gasteiger partial charge in [0.15, 0.2) is 0 Å². The fourth-order valence-corrected chi connectivity index (χ4v) is 3.94. The number of hydrogen-bond acceptors (Lipinski definition) is 2. The minimum atomic E-state index is -1.48. The first-order valence-electron chi connectivity index (χ1n) is 9.28. The first-order valence-corrected chi connectivity index (χ1v) is 9.28. The molecule has 5 rings (SSSR count). The zero-order valence-corrected chi connectivity index (χ0v) is 15.2. The van der Waals surface area contributed by atoms with Gasteiger partial charge in [0.05, 0.1) is 16.7 Å². The molecule has 5 aromatic rings. The van der Waals surface area contributed by atoms with Gasteiger partial charge in [-0.3, -0.25) is 0 Å². The largest absolute Gasteiger partial charge is 0.488 e. The van der Waals surface area contributed by atoms with Gasteiger partial charge in [-0.15, -0.1) is 0 Å². The number of benzene rings is 4. The second-order valence-electron chi connectivity index (χ2n) is 6.89. The van der Waals surface area contributed by atoms with Crippen molar-refractivity contribution >= 4 is 34.4 Å². The summed E-state index contributed by atoms with van der Waals surface area (Å²) < 4.78 is 2.25. The molecule has 3 nitrogen and oxygen atoms in total. The lowest BCUT2D eigenvalue weighted by Gasteiger charge is -2.14. The minimum absolute atomic E-state index is 0.492. The van der Waals surface area contributed by atoms with Crippen LogP contribution in [0.1, 0.15) is 0 Å². The molecule has 0 unspecified atom stereocenters. The van der Waals surface area contributed by atoms with E-state index in [1.807, 2.05) is 48.5 Å². The second-order valence-corrected chi connectivity index (χ2v) is 6.89. The first-order chi connectivity index (χ1) is 13.7. The fraction of sp³-hybridized carbons (Fsp3) is 0. The molecular weight excluding hydrogens is 345 g/mol. The van der Waals surface area contributed by atoms with E-state index < -0.39 is 7.12 Å². The second kappa shape index (κ2) is 6.68. The van der Waals surface area contributed by atoms with E-state index in [9.17, 15) is 10.0 Å². The maximum atomic E-state index is 9.62. The van der Waals surface area contributed by atoms with Crippen molar-refractivity contribution in [3.63, 3.8) is 0 Å².